The van der Waals surface area contributed by atoms with Gasteiger partial charge in [0.2, 0.25) is 0 Å². The zero-order valence-corrected chi connectivity index (χ0v) is 20.1. The molecule has 0 saturated carbocycles. The van der Waals surface area contributed by atoms with Crippen molar-refractivity contribution in [2.45, 2.75) is 33.9 Å². The lowest BCUT2D eigenvalue weighted by molar-refractivity contribution is -0.145. The van der Waals surface area contributed by atoms with Gasteiger partial charge in [0.25, 0.3) is 0 Å². The summed E-state index contributed by atoms with van der Waals surface area (Å²) in [6.07, 6.45) is 0. The molecule has 1 aliphatic heterocycles. The van der Waals surface area contributed by atoms with Gasteiger partial charge in [0.15, 0.2) is 5.96 Å². The Morgan fingerprint density at radius 3 is 2.68 bits per heavy atom. The van der Waals surface area contributed by atoms with E-state index in [4.69, 9.17) is 9.73 Å². The van der Waals surface area contributed by atoms with Crippen LogP contribution in [0.4, 0.5) is 0 Å². The Labute approximate surface area is 186 Å². The molecule has 2 rings (SSSR count). The van der Waals surface area contributed by atoms with Gasteiger partial charge < -0.3 is 19.9 Å². The highest BCUT2D eigenvalue weighted by molar-refractivity contribution is 14.0. The summed E-state index contributed by atoms with van der Waals surface area (Å²) in [4.78, 5) is 21.2. The van der Waals surface area contributed by atoms with Crippen molar-refractivity contribution < 1.29 is 9.53 Å². The van der Waals surface area contributed by atoms with E-state index in [0.717, 1.165) is 32.1 Å². The molecule has 1 aliphatic rings. The van der Waals surface area contributed by atoms with Gasteiger partial charge in [-0.25, -0.2) is 4.99 Å². The molecule has 0 radical (unpaired) electrons. The van der Waals surface area contributed by atoms with Crippen LogP contribution in [0, 0.1) is 11.8 Å². The van der Waals surface area contributed by atoms with Crippen LogP contribution in [-0.4, -0.2) is 62.1 Å². The molecule has 0 aromatic heterocycles. The van der Waals surface area contributed by atoms with E-state index >= 15 is 0 Å². The molecular weight excluding hydrogens is 467 g/mol. The van der Waals surface area contributed by atoms with Crippen molar-refractivity contribution in [2.24, 2.45) is 16.8 Å². The molecule has 0 amide bonds. The van der Waals surface area contributed by atoms with Crippen LogP contribution in [0.2, 0.25) is 0 Å². The summed E-state index contributed by atoms with van der Waals surface area (Å²) >= 11 is 0. The predicted molar refractivity (Wildman–Crippen MR) is 125 cm³/mol. The van der Waals surface area contributed by atoms with Crippen molar-refractivity contribution in [3.05, 3.63) is 35.4 Å². The SMILES string of the molecule is CCNC(=NCc1cccc(CN(C)CC)c1)N1CC(C)C(C(=O)OC)C1.I. The van der Waals surface area contributed by atoms with Gasteiger partial charge in [-0.2, -0.15) is 0 Å². The second-order valence-electron chi connectivity index (χ2n) is 7.33. The molecule has 0 bridgehead atoms. The summed E-state index contributed by atoms with van der Waals surface area (Å²) in [7, 11) is 3.58. The number of ether oxygens (including phenoxy) is 1. The zero-order valence-electron chi connectivity index (χ0n) is 17.8. The number of hydrogen-bond acceptors (Lipinski definition) is 4. The van der Waals surface area contributed by atoms with Gasteiger partial charge in [0.05, 0.1) is 19.6 Å². The Morgan fingerprint density at radius 2 is 2.04 bits per heavy atom. The Hall–Kier alpha value is -1.35. The van der Waals surface area contributed by atoms with E-state index in [-0.39, 0.29) is 41.8 Å². The lowest BCUT2D eigenvalue weighted by Crippen LogP contribution is -2.40. The third kappa shape index (κ3) is 6.92. The largest absolute Gasteiger partial charge is 0.469 e. The molecular formula is C21H35IN4O2. The second kappa shape index (κ2) is 12.3. The highest BCUT2D eigenvalue weighted by Gasteiger charge is 2.36. The standard InChI is InChI=1S/C21H34N4O2.HI/c1-6-22-21(25-13-16(3)19(15-25)20(26)27-5)23-12-17-9-8-10-18(11-17)14-24(4)7-2;/h8-11,16,19H,6-7,12-15H2,1-5H3,(H,22,23);1H. The van der Waals surface area contributed by atoms with E-state index in [1.165, 1.54) is 18.2 Å². The Bertz CT molecular complexity index is 653. The normalized spacial score (nSPS) is 19.5. The summed E-state index contributed by atoms with van der Waals surface area (Å²) in [5.41, 5.74) is 2.50. The highest BCUT2D eigenvalue weighted by Crippen LogP contribution is 2.24. The first-order valence-electron chi connectivity index (χ1n) is 9.85. The third-order valence-electron chi connectivity index (χ3n) is 5.15. The predicted octanol–water partition coefficient (Wildman–Crippen LogP) is 2.96. The summed E-state index contributed by atoms with van der Waals surface area (Å²) in [6.45, 7) is 11.2. The van der Waals surface area contributed by atoms with E-state index in [1.54, 1.807) is 0 Å². The number of nitrogens with one attached hydrogen (secondary N) is 1. The Balaban J connectivity index is 0.00000392. The molecule has 158 valence electrons. The first-order valence-corrected chi connectivity index (χ1v) is 9.85. The van der Waals surface area contributed by atoms with Crippen molar-refractivity contribution in [1.29, 1.82) is 0 Å². The third-order valence-corrected chi connectivity index (χ3v) is 5.15. The monoisotopic (exact) mass is 502 g/mol. The molecule has 1 N–H and O–H groups in total. The highest BCUT2D eigenvalue weighted by atomic mass is 127. The van der Waals surface area contributed by atoms with Gasteiger partial charge in [0.1, 0.15) is 0 Å². The number of halogens is 1. The molecule has 2 atom stereocenters. The minimum absolute atomic E-state index is 0. The van der Waals surface area contributed by atoms with Gasteiger partial charge in [-0.05, 0) is 37.6 Å². The second-order valence-corrected chi connectivity index (χ2v) is 7.33. The molecule has 2 unspecified atom stereocenters. The minimum Gasteiger partial charge on any atom is -0.469 e. The molecule has 1 aromatic carbocycles. The fourth-order valence-corrected chi connectivity index (χ4v) is 3.44. The Kier molecular flexibility index (Phi) is 10.8. The molecule has 1 aromatic rings. The molecule has 0 aliphatic carbocycles. The number of methoxy groups -OCH3 is 1. The average Bonchev–Trinajstić information content (AvgIpc) is 3.06. The molecule has 1 heterocycles. The van der Waals surface area contributed by atoms with Gasteiger partial charge in [-0.1, -0.05) is 38.1 Å². The summed E-state index contributed by atoms with van der Waals surface area (Å²) in [5.74, 6) is 0.904. The van der Waals surface area contributed by atoms with Crippen LogP contribution in [0.3, 0.4) is 0 Å². The van der Waals surface area contributed by atoms with E-state index in [9.17, 15) is 4.79 Å². The van der Waals surface area contributed by atoms with Crippen LogP contribution >= 0.6 is 24.0 Å². The van der Waals surface area contributed by atoms with Crippen LogP contribution in [-0.2, 0) is 22.6 Å². The van der Waals surface area contributed by atoms with Crippen LogP contribution < -0.4 is 5.32 Å². The number of esters is 1. The summed E-state index contributed by atoms with van der Waals surface area (Å²) < 4.78 is 4.95. The van der Waals surface area contributed by atoms with Crippen molar-refractivity contribution in [3.8, 4) is 0 Å². The maximum Gasteiger partial charge on any atom is 0.310 e. The van der Waals surface area contributed by atoms with E-state index in [2.05, 4.69) is 67.2 Å². The molecule has 6 nitrogen and oxygen atoms in total. The van der Waals surface area contributed by atoms with Crippen molar-refractivity contribution in [2.75, 3.05) is 40.3 Å². The Morgan fingerprint density at radius 1 is 1.32 bits per heavy atom. The maximum absolute atomic E-state index is 12.0. The van der Waals surface area contributed by atoms with Gasteiger partial charge in [-0.3, -0.25) is 4.79 Å². The maximum atomic E-state index is 12.0. The van der Waals surface area contributed by atoms with Crippen molar-refractivity contribution in [3.63, 3.8) is 0 Å². The van der Waals surface area contributed by atoms with Gasteiger partial charge >= 0.3 is 5.97 Å². The molecule has 28 heavy (non-hydrogen) atoms. The quantitative estimate of drug-likeness (QED) is 0.269. The number of aliphatic imine (C=N–C) groups is 1. The van der Waals surface area contributed by atoms with Gasteiger partial charge in [-0.15, -0.1) is 24.0 Å². The number of carbonyl (C=O) groups excluding carboxylic acids is 1. The number of nitrogens with zero attached hydrogens (tertiary/aromatic N) is 3. The number of rotatable bonds is 7. The van der Waals surface area contributed by atoms with Crippen LogP contribution in [0.15, 0.2) is 29.3 Å². The molecule has 0 spiro atoms. The summed E-state index contributed by atoms with van der Waals surface area (Å²) in [6, 6.07) is 8.60. The topological polar surface area (TPSA) is 57.2 Å². The first-order chi connectivity index (χ1) is 13.0. The smallest absolute Gasteiger partial charge is 0.310 e. The number of carbonyl (C=O) groups is 1. The number of benzene rings is 1. The first kappa shape index (κ1) is 24.7. The van der Waals surface area contributed by atoms with Crippen LogP contribution in [0.1, 0.15) is 31.9 Å². The van der Waals surface area contributed by atoms with E-state index in [0.29, 0.717) is 13.1 Å². The molecule has 7 heteroatoms. The fourth-order valence-electron chi connectivity index (χ4n) is 3.44. The zero-order chi connectivity index (χ0) is 19.8. The van der Waals surface area contributed by atoms with Crippen LogP contribution in [0.5, 0.6) is 0 Å². The lowest BCUT2D eigenvalue weighted by atomic mass is 9.99. The number of hydrogen-bond donors (Lipinski definition) is 1. The van der Waals surface area contributed by atoms with E-state index < -0.39 is 0 Å². The van der Waals surface area contributed by atoms with Gasteiger partial charge in [0, 0.05) is 26.2 Å². The average molecular weight is 502 g/mol. The van der Waals surface area contributed by atoms with E-state index in [1.807, 2.05) is 0 Å². The molecule has 1 fully saturated rings. The minimum atomic E-state index is -0.131. The van der Waals surface area contributed by atoms with Crippen molar-refractivity contribution in [1.82, 2.24) is 15.1 Å². The lowest BCUT2D eigenvalue weighted by Gasteiger charge is -2.21. The summed E-state index contributed by atoms with van der Waals surface area (Å²) in [5, 5.41) is 3.36. The fraction of sp³-hybridized carbons (Fsp3) is 0.619. The van der Waals surface area contributed by atoms with Crippen molar-refractivity contribution >= 4 is 35.9 Å². The number of guanidine groups is 1. The molecule has 1 saturated heterocycles. The van der Waals surface area contributed by atoms with Crippen LogP contribution in [0.25, 0.3) is 0 Å². The number of likely N-dealkylation sites (tertiary alicyclic amines) is 1.